The summed E-state index contributed by atoms with van der Waals surface area (Å²) in [6.45, 7) is 0. The highest BCUT2D eigenvalue weighted by Crippen LogP contribution is 2.01. The minimum Gasteiger partial charge on any atom is -0.469 e. The maximum atomic E-state index is 10.5. The molecule has 0 saturated carbocycles. The number of thiol groups is 1. The van der Waals surface area contributed by atoms with Gasteiger partial charge in [0.15, 0.2) is 0 Å². The number of carbonyl (C=O) groups excluding carboxylic acids is 1. The molecule has 1 aromatic heterocycles. The minimum atomic E-state index is -0.418. The first kappa shape index (κ1) is 7.21. The molecule has 0 N–H and O–H groups in total. The zero-order chi connectivity index (χ0) is 7.40. The third kappa shape index (κ3) is 1.80. The Kier molecular flexibility index (Phi) is 2.39. The Hall–Kier alpha value is -0.900. The van der Waals surface area contributed by atoms with Crippen LogP contribution in [0.4, 0.5) is 0 Å². The number of hydrogen-bond acceptors (Lipinski definition) is 4. The monoisotopic (exact) mass is 158 g/mol. The first-order chi connectivity index (χ1) is 4.83. The van der Waals surface area contributed by atoms with Gasteiger partial charge in [-0.1, -0.05) is 0 Å². The van der Waals surface area contributed by atoms with Crippen LogP contribution in [-0.4, -0.2) is 5.97 Å². The molecule has 54 valence electrons. The molecule has 0 spiro atoms. The highest BCUT2D eigenvalue weighted by atomic mass is 32.1. The first-order valence-corrected chi connectivity index (χ1v) is 3.06. The lowest BCUT2D eigenvalue weighted by Crippen LogP contribution is -1.99. The van der Waals surface area contributed by atoms with Gasteiger partial charge in [0, 0.05) is 12.9 Å². The van der Waals surface area contributed by atoms with Gasteiger partial charge in [-0.05, 0) is 12.1 Å². The highest BCUT2D eigenvalue weighted by Gasteiger charge is 2.03. The van der Waals surface area contributed by atoms with Crippen molar-refractivity contribution in [3.05, 3.63) is 24.2 Å². The summed E-state index contributed by atoms with van der Waals surface area (Å²) in [5.41, 5.74) is 0. The summed E-state index contributed by atoms with van der Waals surface area (Å²) in [6.07, 6.45) is 1.64. The van der Waals surface area contributed by atoms with Crippen molar-refractivity contribution in [3.8, 4) is 0 Å². The van der Waals surface area contributed by atoms with Gasteiger partial charge >= 0.3 is 5.97 Å². The predicted octanol–water partition coefficient (Wildman–Crippen LogP) is 1.21. The molecular weight excluding hydrogens is 152 g/mol. The molecule has 0 bridgehead atoms. The molecule has 1 heterocycles. The molecule has 10 heavy (non-hydrogen) atoms. The summed E-state index contributed by atoms with van der Waals surface area (Å²) in [5.74, 6) is 0.164. The molecule has 3 nitrogen and oxygen atoms in total. The summed E-state index contributed by atoms with van der Waals surface area (Å²) < 4.78 is 8.99. The quantitative estimate of drug-likeness (QED) is 0.519. The van der Waals surface area contributed by atoms with Crippen LogP contribution >= 0.6 is 12.9 Å². The van der Waals surface area contributed by atoms with E-state index in [1.807, 2.05) is 0 Å². The van der Waals surface area contributed by atoms with Crippen LogP contribution in [0.5, 0.6) is 0 Å². The van der Waals surface area contributed by atoms with E-state index < -0.39 is 5.97 Å². The van der Waals surface area contributed by atoms with Crippen molar-refractivity contribution < 1.29 is 13.4 Å². The van der Waals surface area contributed by atoms with E-state index in [9.17, 15) is 4.79 Å². The third-order valence-corrected chi connectivity index (χ3v) is 1.20. The number of furan rings is 1. The van der Waals surface area contributed by atoms with E-state index in [-0.39, 0.29) is 6.42 Å². The Morgan fingerprint density at radius 1 is 1.80 bits per heavy atom. The van der Waals surface area contributed by atoms with Gasteiger partial charge in [-0.3, -0.25) is 4.79 Å². The van der Waals surface area contributed by atoms with E-state index in [0.29, 0.717) is 5.76 Å². The fourth-order valence-electron chi connectivity index (χ4n) is 0.588. The second-order valence-corrected chi connectivity index (χ2v) is 1.90. The minimum absolute atomic E-state index is 0.135. The molecule has 0 aromatic carbocycles. The smallest absolute Gasteiger partial charge is 0.325 e. The second kappa shape index (κ2) is 3.31. The Morgan fingerprint density at radius 3 is 3.10 bits per heavy atom. The Morgan fingerprint density at radius 2 is 2.60 bits per heavy atom. The summed E-state index contributed by atoms with van der Waals surface area (Å²) in [5, 5.41) is 0. The lowest BCUT2D eigenvalue weighted by Gasteiger charge is -1.91. The van der Waals surface area contributed by atoms with Gasteiger partial charge in [0.05, 0.1) is 6.26 Å². The number of hydrogen-bond donors (Lipinski definition) is 1. The van der Waals surface area contributed by atoms with E-state index in [0.717, 1.165) is 0 Å². The Labute approximate surface area is 63.6 Å². The lowest BCUT2D eigenvalue weighted by atomic mass is 10.3. The second-order valence-electron chi connectivity index (χ2n) is 1.72. The number of carbonyl (C=O) groups is 1. The summed E-state index contributed by atoms with van der Waals surface area (Å²) >= 11 is 3.34. The fourth-order valence-corrected chi connectivity index (χ4v) is 0.652. The molecule has 4 heteroatoms. The normalized spacial score (nSPS) is 9.30. The molecule has 0 fully saturated rings. The molecule has 0 radical (unpaired) electrons. The summed E-state index contributed by atoms with van der Waals surface area (Å²) in [6, 6.07) is 3.41. The zero-order valence-corrected chi connectivity index (χ0v) is 6.01. The van der Waals surface area contributed by atoms with Gasteiger partial charge in [0.1, 0.15) is 12.2 Å². The molecule has 1 rings (SSSR count). The van der Waals surface area contributed by atoms with Gasteiger partial charge in [-0.2, -0.15) is 0 Å². The topological polar surface area (TPSA) is 39.4 Å². The van der Waals surface area contributed by atoms with Crippen LogP contribution in [0.25, 0.3) is 0 Å². The van der Waals surface area contributed by atoms with Crippen molar-refractivity contribution in [1.82, 2.24) is 0 Å². The van der Waals surface area contributed by atoms with Crippen LogP contribution in [0.1, 0.15) is 5.76 Å². The van der Waals surface area contributed by atoms with Gasteiger partial charge in [0.25, 0.3) is 0 Å². The fraction of sp³-hybridized carbons (Fsp3) is 0.167. The van der Waals surface area contributed by atoms with E-state index >= 15 is 0 Å². The van der Waals surface area contributed by atoms with Crippen LogP contribution in [0.3, 0.4) is 0 Å². The molecule has 0 aliphatic rings. The molecular formula is C6H6O3S. The third-order valence-electron chi connectivity index (χ3n) is 1.00. The van der Waals surface area contributed by atoms with Crippen LogP contribution < -0.4 is 0 Å². The van der Waals surface area contributed by atoms with Crippen molar-refractivity contribution in [2.75, 3.05) is 0 Å². The van der Waals surface area contributed by atoms with E-state index in [4.69, 9.17) is 4.42 Å². The van der Waals surface area contributed by atoms with Crippen molar-refractivity contribution in [2.24, 2.45) is 0 Å². The van der Waals surface area contributed by atoms with Crippen LogP contribution in [-0.2, 0) is 15.4 Å². The summed E-state index contributed by atoms with van der Waals surface area (Å²) in [4.78, 5) is 10.5. The van der Waals surface area contributed by atoms with Crippen molar-refractivity contribution in [3.63, 3.8) is 0 Å². The van der Waals surface area contributed by atoms with Gasteiger partial charge in [-0.15, -0.1) is 0 Å². The summed E-state index contributed by atoms with van der Waals surface area (Å²) in [7, 11) is 0. The van der Waals surface area contributed by atoms with E-state index in [2.05, 4.69) is 17.1 Å². The molecule has 0 aliphatic carbocycles. The standard InChI is InChI=1S/C6H6O3S/c7-6(9-10)4-5-2-1-3-8-5/h1-3,10H,4H2. The lowest BCUT2D eigenvalue weighted by molar-refractivity contribution is -0.132. The van der Waals surface area contributed by atoms with Gasteiger partial charge < -0.3 is 8.60 Å². The van der Waals surface area contributed by atoms with Crippen molar-refractivity contribution >= 4 is 18.9 Å². The van der Waals surface area contributed by atoms with Crippen LogP contribution in [0.2, 0.25) is 0 Å². The van der Waals surface area contributed by atoms with Gasteiger partial charge in [0.2, 0.25) is 0 Å². The molecule has 0 amide bonds. The highest BCUT2D eigenvalue weighted by molar-refractivity contribution is 7.75. The Bertz CT molecular complexity index is 205. The average molecular weight is 158 g/mol. The predicted molar refractivity (Wildman–Crippen MR) is 37.5 cm³/mol. The maximum absolute atomic E-state index is 10.5. The average Bonchev–Trinajstić information content (AvgIpc) is 2.40. The SMILES string of the molecule is O=C(Cc1ccco1)OS. The Balaban J connectivity index is 2.48. The van der Waals surface area contributed by atoms with Crippen molar-refractivity contribution in [2.45, 2.75) is 6.42 Å². The van der Waals surface area contributed by atoms with E-state index in [1.165, 1.54) is 6.26 Å². The molecule has 0 atom stereocenters. The molecule has 0 unspecified atom stereocenters. The first-order valence-electron chi connectivity index (χ1n) is 2.69. The maximum Gasteiger partial charge on any atom is 0.325 e. The van der Waals surface area contributed by atoms with Crippen LogP contribution in [0, 0.1) is 0 Å². The largest absolute Gasteiger partial charge is 0.469 e. The molecule has 0 aliphatic heterocycles. The zero-order valence-electron chi connectivity index (χ0n) is 5.11. The molecule has 1 aromatic rings. The van der Waals surface area contributed by atoms with E-state index in [1.54, 1.807) is 12.1 Å². The van der Waals surface area contributed by atoms with Gasteiger partial charge in [-0.25, -0.2) is 0 Å². The number of rotatable bonds is 2. The van der Waals surface area contributed by atoms with Crippen LogP contribution in [0.15, 0.2) is 22.8 Å². The van der Waals surface area contributed by atoms with Crippen molar-refractivity contribution in [1.29, 1.82) is 0 Å². The molecule has 0 saturated heterocycles.